The molecule has 1 unspecified atom stereocenters. The molecule has 3 rings (SSSR count). The maximum Gasteiger partial charge on any atom is 0.410 e. The van der Waals surface area contributed by atoms with Crippen LogP contribution < -0.4 is 0 Å². The summed E-state index contributed by atoms with van der Waals surface area (Å²) in [6.45, 7) is 13.0. The first-order chi connectivity index (χ1) is 14.6. The van der Waals surface area contributed by atoms with E-state index in [4.69, 9.17) is 4.74 Å². The summed E-state index contributed by atoms with van der Waals surface area (Å²) in [6.07, 6.45) is 4.49. The zero-order chi connectivity index (χ0) is 22.6. The molecule has 0 radical (unpaired) electrons. The van der Waals surface area contributed by atoms with E-state index < -0.39 is 5.60 Å². The van der Waals surface area contributed by atoms with Crippen LogP contribution in [0.1, 0.15) is 59.8 Å². The second kappa shape index (κ2) is 10.2. The van der Waals surface area contributed by atoms with Crippen molar-refractivity contribution in [3.8, 4) is 0 Å². The highest BCUT2D eigenvalue weighted by atomic mass is 16.6. The lowest BCUT2D eigenvalue weighted by Crippen LogP contribution is -2.54. The number of hydrogen-bond acceptors (Lipinski definition) is 5. The smallest absolute Gasteiger partial charge is 0.410 e. The van der Waals surface area contributed by atoms with Crippen molar-refractivity contribution in [3.63, 3.8) is 0 Å². The van der Waals surface area contributed by atoms with Gasteiger partial charge in [0.2, 0.25) is 11.8 Å². The molecule has 3 fully saturated rings. The number of nitrogens with zero attached hydrogens (tertiary/aromatic N) is 4. The van der Waals surface area contributed by atoms with E-state index in [2.05, 4.69) is 11.8 Å². The average Bonchev–Trinajstić information content (AvgIpc) is 2.73. The van der Waals surface area contributed by atoms with Crippen LogP contribution in [0.2, 0.25) is 0 Å². The van der Waals surface area contributed by atoms with Crippen LogP contribution in [0.3, 0.4) is 0 Å². The Morgan fingerprint density at radius 2 is 1.48 bits per heavy atom. The highest BCUT2D eigenvalue weighted by molar-refractivity contribution is 5.80. The quantitative estimate of drug-likeness (QED) is 0.678. The highest BCUT2D eigenvalue weighted by Gasteiger charge is 2.33. The van der Waals surface area contributed by atoms with E-state index in [1.165, 1.54) is 6.42 Å². The van der Waals surface area contributed by atoms with Crippen LogP contribution in [0.25, 0.3) is 0 Å². The normalized spacial score (nSPS) is 24.3. The van der Waals surface area contributed by atoms with Gasteiger partial charge in [-0.2, -0.15) is 0 Å². The van der Waals surface area contributed by atoms with E-state index in [-0.39, 0.29) is 23.8 Å². The molecular formula is C23H40N4O4. The van der Waals surface area contributed by atoms with Crippen LogP contribution >= 0.6 is 0 Å². The van der Waals surface area contributed by atoms with Gasteiger partial charge in [-0.1, -0.05) is 0 Å². The topological polar surface area (TPSA) is 73.4 Å². The van der Waals surface area contributed by atoms with Crippen LogP contribution in [-0.4, -0.2) is 102 Å². The van der Waals surface area contributed by atoms with E-state index in [0.29, 0.717) is 51.6 Å². The lowest BCUT2D eigenvalue weighted by molar-refractivity contribution is -0.140. The highest BCUT2D eigenvalue weighted by Crippen LogP contribution is 2.23. The first-order valence-electron chi connectivity index (χ1n) is 11.9. The summed E-state index contributed by atoms with van der Waals surface area (Å²) in [4.78, 5) is 45.7. The lowest BCUT2D eigenvalue weighted by Gasteiger charge is -2.40. The third kappa shape index (κ3) is 6.57. The molecule has 0 aromatic rings. The molecule has 176 valence electrons. The third-order valence-corrected chi connectivity index (χ3v) is 6.66. The summed E-state index contributed by atoms with van der Waals surface area (Å²) >= 11 is 0. The van der Waals surface area contributed by atoms with Crippen molar-refractivity contribution in [3.05, 3.63) is 0 Å². The molecule has 31 heavy (non-hydrogen) atoms. The summed E-state index contributed by atoms with van der Waals surface area (Å²) in [6, 6.07) is 0.343. The number of piperazine rings is 1. The minimum absolute atomic E-state index is 0.0268. The number of carbonyl (C=O) groups excluding carboxylic acids is 3. The fourth-order valence-corrected chi connectivity index (χ4v) is 4.77. The molecule has 0 aromatic heterocycles. The van der Waals surface area contributed by atoms with Gasteiger partial charge in [0.05, 0.1) is 6.54 Å². The Balaban J connectivity index is 1.39. The third-order valence-electron chi connectivity index (χ3n) is 6.66. The molecule has 0 spiro atoms. The van der Waals surface area contributed by atoms with Crippen LogP contribution in [0.5, 0.6) is 0 Å². The molecule has 3 aliphatic rings. The van der Waals surface area contributed by atoms with Gasteiger partial charge in [-0.25, -0.2) is 4.79 Å². The van der Waals surface area contributed by atoms with Gasteiger partial charge in [0.15, 0.2) is 0 Å². The largest absolute Gasteiger partial charge is 0.444 e. The van der Waals surface area contributed by atoms with Gasteiger partial charge in [-0.3, -0.25) is 14.5 Å². The van der Waals surface area contributed by atoms with E-state index >= 15 is 0 Å². The molecule has 3 heterocycles. The van der Waals surface area contributed by atoms with Gasteiger partial charge in [-0.05, 0) is 59.8 Å². The van der Waals surface area contributed by atoms with Gasteiger partial charge in [0.25, 0.3) is 0 Å². The minimum atomic E-state index is -0.503. The zero-order valence-corrected chi connectivity index (χ0v) is 19.8. The first kappa shape index (κ1) is 23.8. The maximum absolute atomic E-state index is 13.0. The summed E-state index contributed by atoms with van der Waals surface area (Å²) in [5.74, 6) is 0.391. The second-order valence-corrected chi connectivity index (χ2v) is 10.3. The molecule has 8 heteroatoms. The molecular weight excluding hydrogens is 396 g/mol. The molecule has 3 amide bonds. The lowest BCUT2D eigenvalue weighted by atomic mass is 9.95. The number of carbonyl (C=O) groups is 3. The summed E-state index contributed by atoms with van der Waals surface area (Å²) in [5.41, 5.74) is -0.503. The van der Waals surface area contributed by atoms with Gasteiger partial charge >= 0.3 is 6.09 Å². The minimum Gasteiger partial charge on any atom is -0.444 e. The van der Waals surface area contributed by atoms with Crippen molar-refractivity contribution >= 4 is 17.9 Å². The SMILES string of the molecule is CC1CCCCN1C(=O)CN1CCN(C(=O)C2CCN(C(=O)OC(C)(C)C)CC2)CC1. The standard InChI is InChI=1S/C23H40N4O4/c1-18-7-5-6-10-27(18)20(28)17-24-13-15-25(16-14-24)21(29)19-8-11-26(12-9-19)22(30)31-23(2,3)4/h18-19H,5-17H2,1-4H3. The molecule has 0 bridgehead atoms. The van der Waals surface area contributed by atoms with Crippen molar-refractivity contribution in [2.24, 2.45) is 5.92 Å². The van der Waals surface area contributed by atoms with Gasteiger partial charge in [0.1, 0.15) is 5.60 Å². The number of hydrogen-bond donors (Lipinski definition) is 0. The van der Waals surface area contributed by atoms with Crippen molar-refractivity contribution in [2.75, 3.05) is 52.4 Å². The van der Waals surface area contributed by atoms with E-state index in [0.717, 1.165) is 32.5 Å². The maximum atomic E-state index is 13.0. The Hall–Kier alpha value is -1.83. The van der Waals surface area contributed by atoms with Crippen molar-refractivity contribution in [1.82, 2.24) is 19.6 Å². The van der Waals surface area contributed by atoms with Crippen LogP contribution in [0.4, 0.5) is 4.79 Å². The molecule has 0 N–H and O–H groups in total. The van der Waals surface area contributed by atoms with Crippen molar-refractivity contribution in [2.45, 2.75) is 71.4 Å². The monoisotopic (exact) mass is 436 g/mol. The summed E-state index contributed by atoms with van der Waals surface area (Å²) in [5, 5.41) is 0. The first-order valence-corrected chi connectivity index (χ1v) is 11.9. The molecule has 8 nitrogen and oxygen atoms in total. The molecule has 3 aliphatic heterocycles. The summed E-state index contributed by atoms with van der Waals surface area (Å²) in [7, 11) is 0. The number of rotatable bonds is 3. The Labute approximate surface area is 186 Å². The van der Waals surface area contributed by atoms with E-state index in [9.17, 15) is 14.4 Å². The molecule has 0 saturated carbocycles. The number of piperidine rings is 2. The predicted molar refractivity (Wildman–Crippen MR) is 119 cm³/mol. The van der Waals surface area contributed by atoms with Crippen molar-refractivity contribution in [1.29, 1.82) is 0 Å². The fraction of sp³-hybridized carbons (Fsp3) is 0.870. The van der Waals surface area contributed by atoms with Crippen molar-refractivity contribution < 1.29 is 19.1 Å². The number of likely N-dealkylation sites (tertiary alicyclic amines) is 2. The van der Waals surface area contributed by atoms with E-state index in [1.54, 1.807) is 4.90 Å². The fourth-order valence-electron chi connectivity index (χ4n) is 4.77. The Bertz CT molecular complexity index is 646. The Kier molecular flexibility index (Phi) is 7.83. The zero-order valence-electron chi connectivity index (χ0n) is 19.8. The van der Waals surface area contributed by atoms with Crippen LogP contribution in [0.15, 0.2) is 0 Å². The summed E-state index contributed by atoms with van der Waals surface area (Å²) < 4.78 is 5.44. The van der Waals surface area contributed by atoms with E-state index in [1.807, 2.05) is 30.6 Å². The van der Waals surface area contributed by atoms with Crippen LogP contribution in [-0.2, 0) is 14.3 Å². The van der Waals surface area contributed by atoms with Gasteiger partial charge in [0, 0.05) is 57.8 Å². The molecule has 1 atom stereocenters. The molecule has 0 aliphatic carbocycles. The van der Waals surface area contributed by atoms with Crippen LogP contribution in [0, 0.1) is 5.92 Å². The second-order valence-electron chi connectivity index (χ2n) is 10.3. The number of ether oxygens (including phenoxy) is 1. The Morgan fingerprint density at radius 3 is 2.06 bits per heavy atom. The molecule has 0 aromatic carbocycles. The predicted octanol–water partition coefficient (Wildman–Crippen LogP) is 2.18. The average molecular weight is 437 g/mol. The Morgan fingerprint density at radius 1 is 0.839 bits per heavy atom. The number of amides is 3. The van der Waals surface area contributed by atoms with Gasteiger partial charge in [-0.15, -0.1) is 0 Å². The molecule has 3 saturated heterocycles. The van der Waals surface area contributed by atoms with Gasteiger partial charge < -0.3 is 19.4 Å².